The summed E-state index contributed by atoms with van der Waals surface area (Å²) in [6, 6.07) is 0. The molecule has 1 radical (unpaired) electrons. The Morgan fingerprint density at radius 2 is 0.818 bits per heavy atom. The summed E-state index contributed by atoms with van der Waals surface area (Å²) in [6.45, 7) is 4.54. The van der Waals surface area contributed by atoms with Crippen molar-refractivity contribution in [3.05, 3.63) is 0 Å². The van der Waals surface area contributed by atoms with Gasteiger partial charge in [0.2, 0.25) is 0 Å². The molecule has 0 aliphatic rings. The van der Waals surface area contributed by atoms with Gasteiger partial charge in [0, 0.05) is 17.1 Å². The Morgan fingerprint density at radius 1 is 0.545 bits per heavy atom. The molecule has 0 aliphatic carbocycles. The molecule has 0 fully saturated rings. The van der Waals surface area contributed by atoms with Gasteiger partial charge in [-0.25, -0.2) is 0 Å². The van der Waals surface area contributed by atoms with Crippen molar-refractivity contribution in [3.63, 3.8) is 0 Å². The number of rotatable bonds is 7. The van der Waals surface area contributed by atoms with E-state index in [2.05, 4.69) is 13.8 Å². The molecule has 0 aliphatic heterocycles. The van der Waals surface area contributed by atoms with Gasteiger partial charge in [-0.3, -0.25) is 0 Å². The Hall–Kier alpha value is 0.519. The van der Waals surface area contributed by atoms with E-state index in [4.69, 9.17) is 0 Å². The summed E-state index contributed by atoms with van der Waals surface area (Å²) in [5.41, 5.74) is 0. The summed E-state index contributed by atoms with van der Waals surface area (Å²) < 4.78 is 0. The van der Waals surface area contributed by atoms with Gasteiger partial charge in [-0.1, -0.05) is 65.2 Å². The second-order valence-electron chi connectivity index (χ2n) is 3.12. The largest absolute Gasteiger partial charge is 0.0654 e. The Morgan fingerprint density at radius 3 is 1.09 bits per heavy atom. The molecule has 73 valence electrons. The van der Waals surface area contributed by atoms with Crippen LogP contribution in [0, 0.1) is 0 Å². The van der Waals surface area contributed by atoms with Gasteiger partial charge >= 0.3 is 0 Å². The molecule has 0 heterocycles. The van der Waals surface area contributed by atoms with Crippen LogP contribution in [-0.4, -0.2) is 0 Å². The third kappa shape index (κ3) is 13.5. The molecule has 0 nitrogen and oxygen atoms in total. The second kappa shape index (κ2) is 13.1. The average molecular weight is 206 g/mol. The predicted molar refractivity (Wildman–Crippen MR) is 48.3 cm³/mol. The SMILES string of the molecule is CCCCCCCCCC.[Cu]. The number of hydrogen-bond acceptors (Lipinski definition) is 0. The molecule has 0 saturated heterocycles. The van der Waals surface area contributed by atoms with E-state index in [1.165, 1.54) is 51.4 Å². The standard InChI is InChI=1S/C10H22.Cu/c1-3-5-7-9-10-8-6-4-2;/h3-10H2,1-2H3;. The first-order chi connectivity index (χ1) is 4.91. The van der Waals surface area contributed by atoms with E-state index >= 15 is 0 Å². The van der Waals surface area contributed by atoms with Gasteiger partial charge in [0.15, 0.2) is 0 Å². The zero-order valence-electron chi connectivity index (χ0n) is 7.96. The molecule has 0 atom stereocenters. The Kier molecular flexibility index (Phi) is 16.8. The summed E-state index contributed by atoms with van der Waals surface area (Å²) >= 11 is 0. The topological polar surface area (TPSA) is 0 Å². The smallest absolute Gasteiger partial charge is 0 e. The summed E-state index contributed by atoms with van der Waals surface area (Å²) in [4.78, 5) is 0. The maximum atomic E-state index is 2.27. The third-order valence-corrected chi connectivity index (χ3v) is 1.96. The molecule has 0 amide bonds. The first kappa shape index (κ1) is 14.1. The van der Waals surface area contributed by atoms with E-state index in [-0.39, 0.29) is 17.1 Å². The minimum Gasteiger partial charge on any atom is -0.0654 e. The molecular weight excluding hydrogens is 184 g/mol. The normalized spacial score (nSPS) is 9.27. The van der Waals surface area contributed by atoms with Crippen molar-refractivity contribution < 1.29 is 17.1 Å². The molecular formula is C10H22Cu. The van der Waals surface area contributed by atoms with E-state index in [1.54, 1.807) is 0 Å². The first-order valence-corrected chi connectivity index (χ1v) is 4.91. The van der Waals surface area contributed by atoms with Gasteiger partial charge in [-0.05, 0) is 0 Å². The monoisotopic (exact) mass is 205 g/mol. The molecule has 11 heavy (non-hydrogen) atoms. The summed E-state index contributed by atoms with van der Waals surface area (Å²) in [5.74, 6) is 0. The van der Waals surface area contributed by atoms with E-state index in [0.717, 1.165) is 0 Å². The van der Waals surface area contributed by atoms with E-state index in [1.807, 2.05) is 0 Å². The van der Waals surface area contributed by atoms with Gasteiger partial charge in [-0.2, -0.15) is 0 Å². The molecule has 0 aromatic rings. The average Bonchev–Trinajstić information content (AvgIpc) is 1.97. The van der Waals surface area contributed by atoms with Crippen LogP contribution in [0.25, 0.3) is 0 Å². The Labute approximate surface area is 82.6 Å². The van der Waals surface area contributed by atoms with Crippen LogP contribution in [0.1, 0.15) is 65.2 Å². The van der Waals surface area contributed by atoms with Crippen LogP contribution in [-0.2, 0) is 17.1 Å². The quantitative estimate of drug-likeness (QED) is 0.433. The van der Waals surface area contributed by atoms with E-state index in [0.29, 0.717) is 0 Å². The van der Waals surface area contributed by atoms with Crippen LogP contribution < -0.4 is 0 Å². The molecule has 0 spiro atoms. The van der Waals surface area contributed by atoms with Crippen LogP contribution in [0.5, 0.6) is 0 Å². The summed E-state index contributed by atoms with van der Waals surface area (Å²) in [7, 11) is 0. The Bertz CT molecular complexity index is 44.8. The van der Waals surface area contributed by atoms with Crippen molar-refractivity contribution in [1.82, 2.24) is 0 Å². The predicted octanol–water partition coefficient (Wildman–Crippen LogP) is 4.14. The van der Waals surface area contributed by atoms with Crippen LogP contribution in [0.2, 0.25) is 0 Å². The zero-order chi connectivity index (χ0) is 7.66. The fraction of sp³-hybridized carbons (Fsp3) is 1.00. The van der Waals surface area contributed by atoms with Gasteiger partial charge in [0.25, 0.3) is 0 Å². The third-order valence-electron chi connectivity index (χ3n) is 1.96. The minimum absolute atomic E-state index is 0. The van der Waals surface area contributed by atoms with Crippen molar-refractivity contribution in [2.75, 3.05) is 0 Å². The fourth-order valence-electron chi connectivity index (χ4n) is 1.21. The molecule has 1 heteroatoms. The molecule has 0 rings (SSSR count). The van der Waals surface area contributed by atoms with Gasteiger partial charge in [0.1, 0.15) is 0 Å². The van der Waals surface area contributed by atoms with Crippen LogP contribution in [0.3, 0.4) is 0 Å². The molecule has 0 unspecified atom stereocenters. The van der Waals surface area contributed by atoms with Crippen molar-refractivity contribution in [2.45, 2.75) is 65.2 Å². The minimum atomic E-state index is 0. The molecule has 0 aromatic heterocycles. The van der Waals surface area contributed by atoms with Crippen molar-refractivity contribution in [2.24, 2.45) is 0 Å². The van der Waals surface area contributed by atoms with Crippen molar-refractivity contribution in [3.8, 4) is 0 Å². The van der Waals surface area contributed by atoms with E-state index in [9.17, 15) is 0 Å². The summed E-state index contributed by atoms with van der Waals surface area (Å²) in [5, 5.41) is 0. The number of hydrogen-bond donors (Lipinski definition) is 0. The summed E-state index contributed by atoms with van der Waals surface area (Å²) in [6.07, 6.45) is 11.5. The molecule has 0 saturated carbocycles. The molecule has 0 bridgehead atoms. The van der Waals surface area contributed by atoms with Gasteiger partial charge in [-0.15, -0.1) is 0 Å². The number of unbranched alkanes of at least 4 members (excludes halogenated alkanes) is 7. The van der Waals surface area contributed by atoms with Crippen LogP contribution in [0.15, 0.2) is 0 Å². The Balaban J connectivity index is 0. The fourth-order valence-corrected chi connectivity index (χ4v) is 1.21. The van der Waals surface area contributed by atoms with Gasteiger partial charge < -0.3 is 0 Å². The molecule has 0 aromatic carbocycles. The van der Waals surface area contributed by atoms with E-state index < -0.39 is 0 Å². The van der Waals surface area contributed by atoms with Crippen molar-refractivity contribution in [1.29, 1.82) is 0 Å². The maximum Gasteiger partial charge on any atom is 0 e. The second-order valence-corrected chi connectivity index (χ2v) is 3.12. The van der Waals surface area contributed by atoms with Gasteiger partial charge in [0.05, 0.1) is 0 Å². The zero-order valence-corrected chi connectivity index (χ0v) is 8.90. The molecule has 0 N–H and O–H groups in total. The van der Waals surface area contributed by atoms with Crippen molar-refractivity contribution >= 4 is 0 Å². The van der Waals surface area contributed by atoms with Crippen LogP contribution in [0.4, 0.5) is 0 Å². The van der Waals surface area contributed by atoms with Crippen LogP contribution >= 0.6 is 0 Å². The first-order valence-electron chi connectivity index (χ1n) is 4.91. The maximum absolute atomic E-state index is 2.27.